The molecule has 1 saturated heterocycles. The standard InChI is InChI=1S/C14H18BrFN2/c1-14(2)4-3-5-18-12-6-9(15)10(16)7-11(12)17-8-13(14)18/h6-7,13,17H,3-5,8H2,1-2H3. The van der Waals surface area contributed by atoms with Gasteiger partial charge in [0.25, 0.3) is 0 Å². The van der Waals surface area contributed by atoms with E-state index in [9.17, 15) is 4.39 Å². The molecule has 0 bridgehead atoms. The SMILES string of the molecule is CC1(C)CCCN2c3cc(Br)c(F)cc3NCC21. The number of hydrogen-bond acceptors (Lipinski definition) is 2. The molecule has 1 aromatic rings. The van der Waals surface area contributed by atoms with Gasteiger partial charge in [0.15, 0.2) is 0 Å². The van der Waals surface area contributed by atoms with E-state index in [2.05, 4.69) is 40.0 Å². The molecule has 1 fully saturated rings. The molecule has 2 nitrogen and oxygen atoms in total. The lowest BCUT2D eigenvalue weighted by Crippen LogP contribution is -2.55. The van der Waals surface area contributed by atoms with Gasteiger partial charge in [-0.2, -0.15) is 0 Å². The minimum absolute atomic E-state index is 0.198. The van der Waals surface area contributed by atoms with Gasteiger partial charge in [0, 0.05) is 19.2 Å². The van der Waals surface area contributed by atoms with Crippen LogP contribution in [0.4, 0.5) is 15.8 Å². The molecule has 3 rings (SSSR count). The summed E-state index contributed by atoms with van der Waals surface area (Å²) >= 11 is 3.29. The van der Waals surface area contributed by atoms with E-state index >= 15 is 0 Å². The van der Waals surface area contributed by atoms with Crippen molar-refractivity contribution in [3.05, 3.63) is 22.4 Å². The van der Waals surface area contributed by atoms with Gasteiger partial charge in [-0.1, -0.05) is 13.8 Å². The summed E-state index contributed by atoms with van der Waals surface area (Å²) in [6, 6.07) is 4.00. The molecule has 4 heteroatoms. The molecule has 1 aromatic carbocycles. The molecule has 0 radical (unpaired) electrons. The number of anilines is 2. The fraction of sp³-hybridized carbons (Fsp3) is 0.571. The number of hydrogen-bond donors (Lipinski definition) is 1. The van der Waals surface area contributed by atoms with Crippen molar-refractivity contribution in [3.63, 3.8) is 0 Å². The Morgan fingerprint density at radius 1 is 1.44 bits per heavy atom. The Labute approximate surface area is 116 Å². The summed E-state index contributed by atoms with van der Waals surface area (Å²) in [5, 5.41) is 3.38. The molecule has 1 unspecified atom stereocenters. The van der Waals surface area contributed by atoms with Gasteiger partial charge in [0.05, 0.1) is 21.9 Å². The Morgan fingerprint density at radius 2 is 2.22 bits per heavy atom. The Kier molecular flexibility index (Phi) is 2.81. The van der Waals surface area contributed by atoms with E-state index < -0.39 is 0 Å². The first-order valence-corrected chi connectivity index (χ1v) is 7.28. The van der Waals surface area contributed by atoms with Crippen molar-refractivity contribution in [3.8, 4) is 0 Å². The molecular weight excluding hydrogens is 295 g/mol. The van der Waals surface area contributed by atoms with Crippen LogP contribution < -0.4 is 10.2 Å². The molecule has 98 valence electrons. The monoisotopic (exact) mass is 312 g/mol. The molecule has 0 aromatic heterocycles. The molecule has 0 aliphatic carbocycles. The Balaban J connectivity index is 2.05. The van der Waals surface area contributed by atoms with Crippen molar-refractivity contribution in [1.82, 2.24) is 0 Å². The topological polar surface area (TPSA) is 15.3 Å². The fourth-order valence-corrected chi connectivity index (χ4v) is 3.58. The molecule has 2 heterocycles. The van der Waals surface area contributed by atoms with Crippen molar-refractivity contribution in [2.24, 2.45) is 5.41 Å². The minimum atomic E-state index is -0.198. The van der Waals surface area contributed by atoms with Gasteiger partial charge in [0.1, 0.15) is 5.82 Å². The summed E-state index contributed by atoms with van der Waals surface area (Å²) in [5.41, 5.74) is 2.36. The maximum absolute atomic E-state index is 13.6. The average molecular weight is 313 g/mol. The Morgan fingerprint density at radius 3 is 3.00 bits per heavy atom. The number of piperidine rings is 1. The second-order valence-corrected chi connectivity index (χ2v) is 6.82. The highest BCUT2D eigenvalue weighted by Crippen LogP contribution is 2.44. The second-order valence-electron chi connectivity index (χ2n) is 5.97. The van der Waals surface area contributed by atoms with Crippen LogP contribution in [-0.4, -0.2) is 19.1 Å². The number of halogens is 2. The van der Waals surface area contributed by atoms with Crippen LogP contribution in [-0.2, 0) is 0 Å². The second kappa shape index (κ2) is 4.12. The molecule has 0 amide bonds. The lowest BCUT2D eigenvalue weighted by atomic mass is 9.75. The predicted octanol–water partition coefficient (Wildman–Crippen LogP) is 4.01. The smallest absolute Gasteiger partial charge is 0.139 e. The zero-order chi connectivity index (χ0) is 12.9. The van der Waals surface area contributed by atoms with Gasteiger partial charge in [-0.3, -0.25) is 0 Å². The minimum Gasteiger partial charge on any atom is -0.381 e. The summed E-state index contributed by atoms with van der Waals surface area (Å²) in [5.74, 6) is -0.198. The summed E-state index contributed by atoms with van der Waals surface area (Å²) in [7, 11) is 0. The van der Waals surface area contributed by atoms with Crippen LogP contribution in [0.3, 0.4) is 0 Å². The van der Waals surface area contributed by atoms with Gasteiger partial charge in [-0.25, -0.2) is 4.39 Å². The quantitative estimate of drug-likeness (QED) is 0.778. The van der Waals surface area contributed by atoms with E-state index in [-0.39, 0.29) is 5.82 Å². The van der Waals surface area contributed by atoms with E-state index in [1.54, 1.807) is 6.07 Å². The number of fused-ring (bicyclic) bond motifs is 3. The molecular formula is C14H18BrFN2. The maximum Gasteiger partial charge on any atom is 0.139 e. The molecule has 0 spiro atoms. The van der Waals surface area contributed by atoms with Crippen molar-refractivity contribution < 1.29 is 4.39 Å². The number of benzene rings is 1. The number of nitrogens with zero attached hydrogens (tertiary/aromatic N) is 1. The highest BCUT2D eigenvalue weighted by Gasteiger charge is 2.40. The normalized spacial score (nSPS) is 25.1. The van der Waals surface area contributed by atoms with Gasteiger partial charge < -0.3 is 10.2 Å². The van der Waals surface area contributed by atoms with Gasteiger partial charge in [-0.15, -0.1) is 0 Å². The molecule has 18 heavy (non-hydrogen) atoms. The highest BCUT2D eigenvalue weighted by atomic mass is 79.9. The van der Waals surface area contributed by atoms with Crippen LogP contribution in [0, 0.1) is 11.2 Å². The molecule has 2 aliphatic heterocycles. The van der Waals surface area contributed by atoms with Crippen LogP contribution in [0.2, 0.25) is 0 Å². The van der Waals surface area contributed by atoms with E-state index in [0.717, 1.165) is 24.5 Å². The lowest BCUT2D eigenvalue weighted by Gasteiger charge is -2.51. The third-order valence-corrected chi connectivity index (χ3v) is 4.94. The summed E-state index contributed by atoms with van der Waals surface area (Å²) < 4.78 is 14.1. The average Bonchev–Trinajstić information content (AvgIpc) is 2.30. The summed E-state index contributed by atoms with van der Waals surface area (Å²) in [4.78, 5) is 2.44. The van der Waals surface area contributed by atoms with Crippen LogP contribution in [0.5, 0.6) is 0 Å². The first kappa shape index (κ1) is 12.3. The van der Waals surface area contributed by atoms with Gasteiger partial charge >= 0.3 is 0 Å². The van der Waals surface area contributed by atoms with E-state index in [1.807, 2.05) is 6.07 Å². The molecule has 1 atom stereocenters. The Hall–Kier alpha value is -0.770. The molecule has 0 saturated carbocycles. The van der Waals surface area contributed by atoms with Gasteiger partial charge in [0.2, 0.25) is 0 Å². The number of rotatable bonds is 0. The van der Waals surface area contributed by atoms with Crippen LogP contribution >= 0.6 is 15.9 Å². The predicted molar refractivity (Wildman–Crippen MR) is 76.7 cm³/mol. The maximum atomic E-state index is 13.6. The van der Waals surface area contributed by atoms with Crippen molar-refractivity contribution in [1.29, 1.82) is 0 Å². The lowest BCUT2D eigenvalue weighted by molar-refractivity contribution is 0.217. The van der Waals surface area contributed by atoms with Crippen molar-refractivity contribution in [2.45, 2.75) is 32.7 Å². The summed E-state index contributed by atoms with van der Waals surface area (Å²) in [6.45, 7) is 6.63. The van der Waals surface area contributed by atoms with Crippen LogP contribution in [0.1, 0.15) is 26.7 Å². The molecule has 1 N–H and O–H groups in total. The van der Waals surface area contributed by atoms with E-state index in [0.29, 0.717) is 15.9 Å². The Bertz CT molecular complexity index is 487. The zero-order valence-corrected chi connectivity index (χ0v) is 12.3. The molecule has 2 aliphatic rings. The third kappa shape index (κ3) is 1.81. The third-order valence-electron chi connectivity index (χ3n) is 4.33. The van der Waals surface area contributed by atoms with E-state index in [1.165, 1.54) is 12.8 Å². The highest BCUT2D eigenvalue weighted by molar-refractivity contribution is 9.10. The van der Waals surface area contributed by atoms with Crippen molar-refractivity contribution >= 4 is 27.3 Å². The van der Waals surface area contributed by atoms with Crippen LogP contribution in [0.15, 0.2) is 16.6 Å². The number of nitrogens with one attached hydrogen (secondary N) is 1. The zero-order valence-electron chi connectivity index (χ0n) is 10.8. The first-order valence-electron chi connectivity index (χ1n) is 6.48. The van der Waals surface area contributed by atoms with E-state index in [4.69, 9.17) is 0 Å². The summed E-state index contributed by atoms with van der Waals surface area (Å²) in [6.07, 6.45) is 2.46. The van der Waals surface area contributed by atoms with Crippen molar-refractivity contribution in [2.75, 3.05) is 23.3 Å². The largest absolute Gasteiger partial charge is 0.381 e. The fourth-order valence-electron chi connectivity index (χ4n) is 3.25. The first-order chi connectivity index (χ1) is 8.49. The van der Waals surface area contributed by atoms with Gasteiger partial charge in [-0.05, 0) is 40.3 Å². The van der Waals surface area contributed by atoms with Crippen LogP contribution in [0.25, 0.3) is 0 Å².